The Balaban J connectivity index is 1.21. The van der Waals surface area contributed by atoms with Gasteiger partial charge in [0, 0.05) is 48.5 Å². The standard InChI is InChI=1S/C27H36N2O6/c1-17-18(2)26(32)35-25-19(3)22(10-9-21(17)25)34-16-23(30)28-13-6-8-24(31)29-14-12-27(33)11-5-4-7-20(27)15-29/h9-10,20,33H,4-8,11-16H2,1-3H3,(H,28,30). The summed E-state index contributed by atoms with van der Waals surface area (Å²) >= 11 is 0. The lowest BCUT2D eigenvalue weighted by Crippen LogP contribution is -2.54. The Morgan fingerprint density at radius 2 is 1.97 bits per heavy atom. The third kappa shape index (κ3) is 5.37. The van der Waals surface area contributed by atoms with Crippen molar-refractivity contribution in [3.05, 3.63) is 39.2 Å². The van der Waals surface area contributed by atoms with Gasteiger partial charge in [-0.2, -0.15) is 0 Å². The Bertz CT molecular complexity index is 1170. The molecule has 4 rings (SSSR count). The van der Waals surface area contributed by atoms with Crippen LogP contribution in [0.2, 0.25) is 0 Å². The topological polar surface area (TPSA) is 109 Å². The number of hydrogen-bond donors (Lipinski definition) is 2. The van der Waals surface area contributed by atoms with Crippen LogP contribution < -0.4 is 15.7 Å². The molecule has 0 bridgehead atoms. The van der Waals surface area contributed by atoms with Crippen LogP contribution in [0.25, 0.3) is 11.0 Å². The molecule has 2 fully saturated rings. The SMILES string of the molecule is Cc1c(C)c2ccc(OCC(=O)NCCCC(=O)N3CCC4(O)CCCCC4C3)c(C)c2oc1=O. The zero-order valence-electron chi connectivity index (χ0n) is 20.9. The molecule has 2 aromatic rings. The molecule has 2 aliphatic rings. The molecule has 2 heterocycles. The van der Waals surface area contributed by atoms with Gasteiger partial charge in [0.1, 0.15) is 11.3 Å². The second-order valence-electron chi connectivity index (χ2n) is 10.1. The average molecular weight is 485 g/mol. The molecule has 190 valence electrons. The van der Waals surface area contributed by atoms with Crippen molar-refractivity contribution in [2.75, 3.05) is 26.2 Å². The first-order valence-electron chi connectivity index (χ1n) is 12.6. The Morgan fingerprint density at radius 3 is 2.77 bits per heavy atom. The predicted molar refractivity (Wildman–Crippen MR) is 133 cm³/mol. The van der Waals surface area contributed by atoms with E-state index in [0.717, 1.165) is 36.6 Å². The van der Waals surface area contributed by atoms with Gasteiger partial charge in [-0.15, -0.1) is 0 Å². The molecule has 2 atom stereocenters. The number of nitrogens with zero attached hydrogens (tertiary/aromatic N) is 1. The van der Waals surface area contributed by atoms with E-state index in [0.29, 0.717) is 61.4 Å². The van der Waals surface area contributed by atoms with Crippen LogP contribution in [0.15, 0.2) is 21.3 Å². The molecule has 0 spiro atoms. The number of carbonyl (C=O) groups is 2. The number of benzene rings is 1. The molecule has 8 nitrogen and oxygen atoms in total. The first-order valence-corrected chi connectivity index (χ1v) is 12.6. The number of likely N-dealkylation sites (tertiary alicyclic amines) is 1. The maximum Gasteiger partial charge on any atom is 0.339 e. The highest BCUT2D eigenvalue weighted by atomic mass is 16.5. The third-order valence-electron chi connectivity index (χ3n) is 7.85. The summed E-state index contributed by atoms with van der Waals surface area (Å²) in [6.07, 6.45) is 5.60. The van der Waals surface area contributed by atoms with Crippen molar-refractivity contribution in [1.82, 2.24) is 10.2 Å². The lowest BCUT2D eigenvalue weighted by Gasteiger charge is -2.47. The van der Waals surface area contributed by atoms with Crippen LogP contribution in [-0.4, -0.2) is 53.7 Å². The van der Waals surface area contributed by atoms with E-state index in [1.54, 1.807) is 19.9 Å². The zero-order chi connectivity index (χ0) is 25.2. The average Bonchev–Trinajstić information content (AvgIpc) is 2.84. The molecule has 1 saturated carbocycles. The molecular weight excluding hydrogens is 448 g/mol. The number of carbonyl (C=O) groups excluding carboxylic acids is 2. The van der Waals surface area contributed by atoms with Crippen molar-refractivity contribution < 1.29 is 23.8 Å². The second kappa shape index (κ2) is 10.4. The van der Waals surface area contributed by atoms with Crippen molar-refractivity contribution in [2.45, 2.75) is 71.3 Å². The van der Waals surface area contributed by atoms with Crippen LogP contribution in [0.3, 0.4) is 0 Å². The summed E-state index contributed by atoms with van der Waals surface area (Å²) in [6, 6.07) is 3.61. The van der Waals surface area contributed by atoms with Gasteiger partial charge in [0.15, 0.2) is 6.61 Å². The van der Waals surface area contributed by atoms with Crippen molar-refractivity contribution in [3.63, 3.8) is 0 Å². The van der Waals surface area contributed by atoms with Crippen LogP contribution in [0.5, 0.6) is 5.75 Å². The summed E-state index contributed by atoms with van der Waals surface area (Å²) in [5, 5.41) is 14.4. The number of rotatable bonds is 7. The number of ether oxygens (including phenoxy) is 1. The van der Waals surface area contributed by atoms with Crippen molar-refractivity contribution in [3.8, 4) is 5.75 Å². The molecule has 2 N–H and O–H groups in total. The van der Waals surface area contributed by atoms with Gasteiger partial charge in [-0.25, -0.2) is 4.79 Å². The Labute approximate surface area is 205 Å². The molecule has 1 aromatic heterocycles. The highest BCUT2D eigenvalue weighted by molar-refractivity contribution is 5.86. The largest absolute Gasteiger partial charge is 0.483 e. The maximum atomic E-state index is 12.6. The molecule has 8 heteroatoms. The Kier molecular flexibility index (Phi) is 7.50. The minimum absolute atomic E-state index is 0.0851. The van der Waals surface area contributed by atoms with E-state index in [-0.39, 0.29) is 30.0 Å². The fourth-order valence-electron chi connectivity index (χ4n) is 5.40. The van der Waals surface area contributed by atoms with Crippen LogP contribution in [0.4, 0.5) is 0 Å². The quantitative estimate of drug-likeness (QED) is 0.462. The third-order valence-corrected chi connectivity index (χ3v) is 7.85. The molecule has 1 saturated heterocycles. The smallest absolute Gasteiger partial charge is 0.339 e. The van der Waals surface area contributed by atoms with Crippen molar-refractivity contribution in [1.29, 1.82) is 0 Å². The molecule has 1 aliphatic carbocycles. The number of amides is 2. The van der Waals surface area contributed by atoms with Crippen LogP contribution in [0.1, 0.15) is 61.6 Å². The molecule has 1 aliphatic heterocycles. The summed E-state index contributed by atoms with van der Waals surface area (Å²) in [4.78, 5) is 38.8. The van der Waals surface area contributed by atoms with Gasteiger partial charge in [0.2, 0.25) is 5.91 Å². The zero-order valence-corrected chi connectivity index (χ0v) is 20.9. The van der Waals surface area contributed by atoms with Crippen molar-refractivity contribution in [2.24, 2.45) is 5.92 Å². The van der Waals surface area contributed by atoms with E-state index in [2.05, 4.69) is 5.32 Å². The normalized spacial score (nSPS) is 22.1. The van der Waals surface area contributed by atoms with E-state index < -0.39 is 5.60 Å². The van der Waals surface area contributed by atoms with Crippen LogP contribution in [-0.2, 0) is 9.59 Å². The van der Waals surface area contributed by atoms with Gasteiger partial charge < -0.3 is 24.5 Å². The van der Waals surface area contributed by atoms with Gasteiger partial charge in [0.05, 0.1) is 5.60 Å². The fourth-order valence-corrected chi connectivity index (χ4v) is 5.40. The first kappa shape index (κ1) is 25.2. The summed E-state index contributed by atoms with van der Waals surface area (Å²) in [5.74, 6) is 0.484. The van der Waals surface area contributed by atoms with Crippen LogP contribution >= 0.6 is 0 Å². The molecule has 1 aromatic carbocycles. The number of fused-ring (bicyclic) bond motifs is 2. The Hall–Kier alpha value is -2.87. The minimum Gasteiger partial charge on any atom is -0.483 e. The monoisotopic (exact) mass is 484 g/mol. The van der Waals surface area contributed by atoms with E-state index in [4.69, 9.17) is 9.15 Å². The molecule has 35 heavy (non-hydrogen) atoms. The lowest BCUT2D eigenvalue weighted by molar-refractivity contribution is -0.143. The molecule has 2 amide bonds. The number of aliphatic hydroxyl groups is 1. The van der Waals surface area contributed by atoms with E-state index in [1.807, 2.05) is 17.9 Å². The lowest BCUT2D eigenvalue weighted by atomic mass is 9.71. The number of aryl methyl sites for hydroxylation is 2. The Morgan fingerprint density at radius 1 is 1.17 bits per heavy atom. The van der Waals surface area contributed by atoms with E-state index >= 15 is 0 Å². The highest BCUT2D eigenvalue weighted by Crippen LogP contribution is 2.39. The van der Waals surface area contributed by atoms with Gasteiger partial charge in [-0.1, -0.05) is 12.8 Å². The highest BCUT2D eigenvalue weighted by Gasteiger charge is 2.43. The summed E-state index contributed by atoms with van der Waals surface area (Å²) < 4.78 is 11.1. The predicted octanol–water partition coefficient (Wildman–Crippen LogP) is 3.15. The summed E-state index contributed by atoms with van der Waals surface area (Å²) in [5.41, 5.74) is 1.64. The number of nitrogens with one attached hydrogen (secondary N) is 1. The number of hydrogen-bond acceptors (Lipinski definition) is 6. The molecular formula is C27H36N2O6. The van der Waals surface area contributed by atoms with Gasteiger partial charge in [-0.05, 0) is 64.2 Å². The fraction of sp³-hybridized carbons (Fsp3) is 0.593. The molecule has 0 radical (unpaired) electrons. The van der Waals surface area contributed by atoms with Crippen molar-refractivity contribution >= 4 is 22.8 Å². The second-order valence-corrected chi connectivity index (χ2v) is 10.1. The van der Waals surface area contributed by atoms with E-state index in [1.165, 1.54) is 0 Å². The maximum absolute atomic E-state index is 12.6. The number of piperidine rings is 1. The molecule has 2 unspecified atom stereocenters. The minimum atomic E-state index is -0.588. The van der Waals surface area contributed by atoms with Gasteiger partial charge >= 0.3 is 5.63 Å². The van der Waals surface area contributed by atoms with Gasteiger partial charge in [-0.3, -0.25) is 9.59 Å². The van der Waals surface area contributed by atoms with Gasteiger partial charge in [0.25, 0.3) is 5.91 Å². The first-order chi connectivity index (χ1) is 16.7. The van der Waals surface area contributed by atoms with Crippen LogP contribution in [0, 0.1) is 26.7 Å². The summed E-state index contributed by atoms with van der Waals surface area (Å²) in [6.45, 7) is 6.89. The summed E-state index contributed by atoms with van der Waals surface area (Å²) in [7, 11) is 0. The van der Waals surface area contributed by atoms with E-state index in [9.17, 15) is 19.5 Å².